The molecule has 7 nitrogen and oxygen atoms in total. The Morgan fingerprint density at radius 2 is 1.81 bits per heavy atom. The molecule has 3 aromatic rings. The third-order valence-electron chi connectivity index (χ3n) is 6.79. The maximum atomic E-state index is 13.8. The van der Waals surface area contributed by atoms with Gasteiger partial charge in [0, 0.05) is 45.5 Å². The van der Waals surface area contributed by atoms with Crippen molar-refractivity contribution >= 4 is 51.7 Å². The van der Waals surface area contributed by atoms with Crippen molar-refractivity contribution < 1.29 is 4.79 Å². The molecule has 37 heavy (non-hydrogen) atoms. The van der Waals surface area contributed by atoms with Crippen molar-refractivity contribution in [2.75, 3.05) is 37.6 Å². The van der Waals surface area contributed by atoms with Gasteiger partial charge in [-0.1, -0.05) is 73.7 Å². The number of piperazine rings is 1. The van der Waals surface area contributed by atoms with E-state index in [2.05, 4.69) is 41.0 Å². The van der Waals surface area contributed by atoms with Gasteiger partial charge in [-0.2, -0.15) is 0 Å². The molecule has 0 bridgehead atoms. The van der Waals surface area contributed by atoms with E-state index in [1.54, 1.807) is 21.6 Å². The third kappa shape index (κ3) is 5.49. The van der Waals surface area contributed by atoms with E-state index in [1.165, 1.54) is 17.3 Å². The molecule has 2 saturated heterocycles. The quantitative estimate of drug-likeness (QED) is 0.331. The van der Waals surface area contributed by atoms with Crippen LogP contribution in [0.1, 0.15) is 36.5 Å². The van der Waals surface area contributed by atoms with E-state index in [9.17, 15) is 9.59 Å². The molecule has 4 heterocycles. The second-order valence-electron chi connectivity index (χ2n) is 9.52. The van der Waals surface area contributed by atoms with Gasteiger partial charge >= 0.3 is 0 Å². The van der Waals surface area contributed by atoms with E-state index in [1.807, 2.05) is 25.1 Å². The Balaban J connectivity index is 1.47. The maximum absolute atomic E-state index is 13.8. The first kappa shape index (κ1) is 25.6. The summed E-state index contributed by atoms with van der Waals surface area (Å²) >= 11 is 6.76. The van der Waals surface area contributed by atoms with Crippen LogP contribution < -0.4 is 10.5 Å². The Morgan fingerprint density at radius 3 is 2.54 bits per heavy atom. The predicted molar refractivity (Wildman–Crippen MR) is 155 cm³/mol. The number of rotatable bonds is 7. The predicted octanol–water partition coefficient (Wildman–Crippen LogP) is 4.33. The van der Waals surface area contributed by atoms with Crippen molar-refractivity contribution in [1.82, 2.24) is 19.2 Å². The zero-order valence-corrected chi connectivity index (χ0v) is 22.9. The fourth-order valence-electron chi connectivity index (χ4n) is 4.71. The van der Waals surface area contributed by atoms with Crippen LogP contribution in [0.2, 0.25) is 0 Å². The standard InChI is InChI=1S/C28H31N5O2S2/c1-3-4-12-32-27(35)23(37-28(32)36)17-22-25(29-24-11-10-20(2)18-33(24)26(22)34)31-15-13-30(14-16-31)19-21-8-6-5-7-9-21/h5-11,17-18H,3-4,12-16,19H2,1-2H3/b23-17+. The fourth-order valence-corrected chi connectivity index (χ4v) is 6.00. The molecule has 0 N–H and O–H groups in total. The highest BCUT2D eigenvalue weighted by Gasteiger charge is 2.32. The molecule has 2 aliphatic heterocycles. The van der Waals surface area contributed by atoms with Gasteiger partial charge < -0.3 is 4.90 Å². The molecular weight excluding hydrogens is 502 g/mol. The van der Waals surface area contributed by atoms with E-state index in [-0.39, 0.29) is 11.5 Å². The molecule has 0 spiro atoms. The van der Waals surface area contributed by atoms with E-state index in [0.29, 0.717) is 32.8 Å². The number of fused-ring (bicyclic) bond motifs is 1. The summed E-state index contributed by atoms with van der Waals surface area (Å²) in [6.07, 6.45) is 5.38. The molecule has 2 aliphatic rings. The van der Waals surface area contributed by atoms with E-state index < -0.39 is 0 Å². The van der Waals surface area contributed by atoms with Crippen LogP contribution in [-0.2, 0) is 11.3 Å². The molecule has 2 fully saturated rings. The summed E-state index contributed by atoms with van der Waals surface area (Å²) in [6.45, 7) is 8.76. The van der Waals surface area contributed by atoms with Crippen LogP contribution in [0.4, 0.5) is 5.82 Å². The number of carbonyl (C=O) groups is 1. The van der Waals surface area contributed by atoms with Crippen molar-refractivity contribution in [2.45, 2.75) is 33.2 Å². The molecule has 0 saturated carbocycles. The van der Waals surface area contributed by atoms with Crippen molar-refractivity contribution in [3.05, 3.63) is 80.6 Å². The lowest BCUT2D eigenvalue weighted by molar-refractivity contribution is -0.122. The molecule has 1 amide bonds. The van der Waals surface area contributed by atoms with Gasteiger partial charge in [-0.3, -0.25) is 23.8 Å². The number of amides is 1. The Bertz CT molecular complexity index is 1410. The van der Waals surface area contributed by atoms with Crippen LogP contribution in [-0.4, -0.2) is 62.1 Å². The molecule has 1 aromatic carbocycles. The monoisotopic (exact) mass is 533 g/mol. The largest absolute Gasteiger partial charge is 0.353 e. The highest BCUT2D eigenvalue weighted by Crippen LogP contribution is 2.34. The first-order valence-electron chi connectivity index (χ1n) is 12.7. The minimum absolute atomic E-state index is 0.129. The normalized spacial score (nSPS) is 17.9. The lowest BCUT2D eigenvalue weighted by atomic mass is 10.1. The van der Waals surface area contributed by atoms with Gasteiger partial charge in [-0.15, -0.1) is 0 Å². The van der Waals surface area contributed by atoms with Crippen LogP contribution in [0, 0.1) is 6.92 Å². The number of aromatic nitrogens is 2. The summed E-state index contributed by atoms with van der Waals surface area (Å²) in [4.78, 5) is 38.6. The minimum Gasteiger partial charge on any atom is -0.353 e. The first-order chi connectivity index (χ1) is 17.9. The SMILES string of the molecule is CCCCN1C(=O)/C(=C\c2c(N3CCN(Cc4ccccc4)CC3)nc3ccc(C)cn3c2=O)SC1=S. The van der Waals surface area contributed by atoms with Crippen LogP contribution in [0.3, 0.4) is 0 Å². The van der Waals surface area contributed by atoms with Crippen LogP contribution >= 0.6 is 24.0 Å². The topological polar surface area (TPSA) is 61.2 Å². The fraction of sp³-hybridized carbons (Fsp3) is 0.357. The summed E-state index contributed by atoms with van der Waals surface area (Å²) in [7, 11) is 0. The van der Waals surface area contributed by atoms with E-state index in [4.69, 9.17) is 17.2 Å². The number of anilines is 1. The van der Waals surface area contributed by atoms with E-state index in [0.717, 1.165) is 51.1 Å². The zero-order chi connectivity index (χ0) is 25.9. The Hall–Kier alpha value is -3.01. The lowest BCUT2D eigenvalue weighted by Gasteiger charge is -2.36. The number of thiocarbonyl (C=S) groups is 1. The summed E-state index contributed by atoms with van der Waals surface area (Å²) in [5.41, 5.74) is 3.13. The molecule has 0 aliphatic carbocycles. The number of pyridine rings is 1. The van der Waals surface area contributed by atoms with Crippen LogP contribution in [0.25, 0.3) is 11.7 Å². The number of unbranched alkanes of at least 4 members (excludes halogenated alkanes) is 1. The number of hydrogen-bond acceptors (Lipinski definition) is 7. The molecule has 0 unspecified atom stereocenters. The number of benzene rings is 1. The summed E-state index contributed by atoms with van der Waals surface area (Å²) in [6, 6.07) is 14.3. The number of hydrogen-bond donors (Lipinski definition) is 0. The van der Waals surface area contributed by atoms with Crippen LogP contribution in [0.15, 0.2) is 58.4 Å². The molecule has 2 aromatic heterocycles. The minimum atomic E-state index is -0.172. The van der Waals surface area contributed by atoms with Gasteiger partial charge in [0.1, 0.15) is 15.8 Å². The van der Waals surface area contributed by atoms with Crippen LogP contribution in [0.5, 0.6) is 0 Å². The summed E-state index contributed by atoms with van der Waals surface area (Å²) in [5, 5.41) is 0. The Morgan fingerprint density at radius 1 is 1.05 bits per heavy atom. The number of thioether (sulfide) groups is 1. The number of aryl methyl sites for hydroxylation is 1. The second kappa shape index (κ2) is 11.2. The van der Waals surface area contributed by atoms with E-state index >= 15 is 0 Å². The smallest absolute Gasteiger partial charge is 0.267 e. The summed E-state index contributed by atoms with van der Waals surface area (Å²) in [5.74, 6) is 0.503. The van der Waals surface area contributed by atoms with Gasteiger partial charge in [-0.25, -0.2) is 4.98 Å². The van der Waals surface area contributed by atoms with Gasteiger partial charge in [-0.05, 0) is 36.6 Å². The zero-order valence-electron chi connectivity index (χ0n) is 21.2. The Labute approximate surface area is 226 Å². The molecule has 192 valence electrons. The average Bonchev–Trinajstić information content (AvgIpc) is 3.17. The highest BCUT2D eigenvalue weighted by atomic mass is 32.2. The van der Waals surface area contributed by atoms with Gasteiger partial charge in [0.2, 0.25) is 0 Å². The molecule has 0 atom stereocenters. The van der Waals surface area contributed by atoms with Crippen molar-refractivity contribution in [2.24, 2.45) is 0 Å². The van der Waals surface area contributed by atoms with Gasteiger partial charge in [0.25, 0.3) is 11.5 Å². The molecular formula is C28H31N5O2S2. The van der Waals surface area contributed by atoms with Crippen molar-refractivity contribution in [3.63, 3.8) is 0 Å². The lowest BCUT2D eigenvalue weighted by Crippen LogP contribution is -2.47. The second-order valence-corrected chi connectivity index (χ2v) is 11.2. The van der Waals surface area contributed by atoms with Gasteiger partial charge in [0.15, 0.2) is 0 Å². The van der Waals surface area contributed by atoms with Crippen molar-refractivity contribution in [1.29, 1.82) is 0 Å². The first-order valence-corrected chi connectivity index (χ1v) is 14.0. The highest BCUT2D eigenvalue weighted by molar-refractivity contribution is 8.26. The average molecular weight is 534 g/mol. The molecule has 5 rings (SSSR count). The molecule has 0 radical (unpaired) electrons. The third-order valence-corrected chi connectivity index (χ3v) is 8.17. The number of nitrogens with zero attached hydrogens (tertiary/aromatic N) is 5. The number of carbonyl (C=O) groups excluding carboxylic acids is 1. The molecule has 9 heteroatoms. The van der Waals surface area contributed by atoms with Gasteiger partial charge in [0.05, 0.1) is 10.5 Å². The van der Waals surface area contributed by atoms with Crippen molar-refractivity contribution in [3.8, 4) is 0 Å². The summed E-state index contributed by atoms with van der Waals surface area (Å²) < 4.78 is 2.12. The Kier molecular flexibility index (Phi) is 7.73. The maximum Gasteiger partial charge on any atom is 0.267 e.